The van der Waals surface area contributed by atoms with Gasteiger partial charge in [0.25, 0.3) is 5.91 Å². The number of piperazine rings is 1. The molecule has 1 aromatic heterocycles. The van der Waals surface area contributed by atoms with E-state index in [1.54, 1.807) is 11.1 Å². The highest BCUT2D eigenvalue weighted by Crippen LogP contribution is 2.23. The second-order valence-electron chi connectivity index (χ2n) is 5.95. The number of aromatic hydroxyl groups is 1. The zero-order valence-corrected chi connectivity index (χ0v) is 13.5. The fourth-order valence-electron chi connectivity index (χ4n) is 3.00. The van der Waals surface area contributed by atoms with Crippen LogP contribution in [0.15, 0.2) is 42.7 Å². The molecule has 126 valence electrons. The Kier molecular flexibility index (Phi) is 4.76. The molecule has 0 bridgehead atoms. The summed E-state index contributed by atoms with van der Waals surface area (Å²) in [6.07, 6.45) is 3.61. The largest absolute Gasteiger partial charge is 0.507 e. The van der Waals surface area contributed by atoms with Crippen LogP contribution in [0.25, 0.3) is 0 Å². The zero-order valence-electron chi connectivity index (χ0n) is 13.5. The van der Waals surface area contributed by atoms with Crippen LogP contribution >= 0.6 is 0 Å². The lowest BCUT2D eigenvalue weighted by Crippen LogP contribution is -2.49. The van der Waals surface area contributed by atoms with Gasteiger partial charge in [-0.3, -0.25) is 14.7 Å². The monoisotopic (exact) mass is 329 g/mol. The molecular formula is C18H20FN3O2. The maximum atomic E-state index is 13.1. The third kappa shape index (κ3) is 3.38. The van der Waals surface area contributed by atoms with E-state index in [0.717, 1.165) is 24.7 Å². The average Bonchev–Trinajstić information content (AvgIpc) is 2.61. The molecule has 6 heteroatoms. The molecule has 0 spiro atoms. The summed E-state index contributed by atoms with van der Waals surface area (Å²) in [6.45, 7) is 4.74. The van der Waals surface area contributed by atoms with Crippen molar-refractivity contribution in [3.05, 3.63) is 59.7 Å². The van der Waals surface area contributed by atoms with E-state index >= 15 is 0 Å². The number of carbonyl (C=O) groups is 1. The number of hydrogen-bond acceptors (Lipinski definition) is 4. The molecule has 1 unspecified atom stereocenters. The zero-order chi connectivity index (χ0) is 17.1. The minimum atomic E-state index is -0.556. The number of rotatable bonds is 3. The van der Waals surface area contributed by atoms with Crippen molar-refractivity contribution < 1.29 is 14.3 Å². The molecule has 24 heavy (non-hydrogen) atoms. The maximum Gasteiger partial charge on any atom is 0.257 e. The Morgan fingerprint density at radius 3 is 2.62 bits per heavy atom. The van der Waals surface area contributed by atoms with Gasteiger partial charge in [-0.25, -0.2) is 4.39 Å². The summed E-state index contributed by atoms with van der Waals surface area (Å²) in [6, 6.07) is 7.68. The molecule has 1 atom stereocenters. The Bertz CT molecular complexity index is 715. The van der Waals surface area contributed by atoms with Gasteiger partial charge in [-0.15, -0.1) is 0 Å². The van der Waals surface area contributed by atoms with Crippen LogP contribution in [-0.4, -0.2) is 52.0 Å². The molecule has 1 amide bonds. The molecule has 1 aromatic carbocycles. The number of amides is 1. The highest BCUT2D eigenvalue weighted by molar-refractivity contribution is 5.96. The summed E-state index contributed by atoms with van der Waals surface area (Å²) in [5.41, 5.74) is 1.29. The van der Waals surface area contributed by atoms with Crippen LogP contribution < -0.4 is 0 Å². The highest BCUT2D eigenvalue weighted by Gasteiger charge is 2.26. The molecule has 1 aliphatic heterocycles. The Morgan fingerprint density at radius 1 is 1.25 bits per heavy atom. The molecule has 0 saturated carbocycles. The predicted molar refractivity (Wildman–Crippen MR) is 88.2 cm³/mol. The summed E-state index contributed by atoms with van der Waals surface area (Å²) < 4.78 is 13.1. The van der Waals surface area contributed by atoms with Crippen LogP contribution in [0.2, 0.25) is 0 Å². The predicted octanol–water partition coefficient (Wildman–Crippen LogP) is 2.45. The summed E-state index contributed by atoms with van der Waals surface area (Å²) in [4.78, 5) is 20.6. The summed E-state index contributed by atoms with van der Waals surface area (Å²) in [5, 5.41) is 9.78. The minimum Gasteiger partial charge on any atom is -0.507 e. The number of benzene rings is 1. The van der Waals surface area contributed by atoms with E-state index in [2.05, 4.69) is 16.8 Å². The van der Waals surface area contributed by atoms with E-state index < -0.39 is 5.82 Å². The molecular weight excluding hydrogens is 309 g/mol. The Morgan fingerprint density at radius 2 is 2.00 bits per heavy atom. The summed E-state index contributed by atoms with van der Waals surface area (Å²) >= 11 is 0. The van der Waals surface area contributed by atoms with Gasteiger partial charge in [-0.1, -0.05) is 6.07 Å². The number of hydrogen-bond donors (Lipinski definition) is 1. The van der Waals surface area contributed by atoms with Crippen LogP contribution in [0, 0.1) is 5.82 Å². The van der Waals surface area contributed by atoms with Gasteiger partial charge in [0.2, 0.25) is 0 Å². The van der Waals surface area contributed by atoms with E-state index in [1.807, 2.05) is 18.3 Å². The number of halogens is 1. The number of carbonyl (C=O) groups excluding carboxylic acids is 1. The number of phenolic OH excluding ortho intramolecular Hbond substituents is 1. The first-order valence-electron chi connectivity index (χ1n) is 7.98. The third-order valence-corrected chi connectivity index (χ3v) is 4.51. The summed E-state index contributed by atoms with van der Waals surface area (Å²) in [5.74, 6) is -1.13. The van der Waals surface area contributed by atoms with E-state index in [-0.39, 0.29) is 23.3 Å². The fourth-order valence-corrected chi connectivity index (χ4v) is 3.00. The van der Waals surface area contributed by atoms with Crippen molar-refractivity contribution in [3.8, 4) is 5.75 Å². The molecule has 2 aromatic rings. The van der Waals surface area contributed by atoms with Gasteiger partial charge in [0, 0.05) is 50.7 Å². The molecule has 1 fully saturated rings. The molecule has 1 N–H and O–H groups in total. The van der Waals surface area contributed by atoms with Crippen molar-refractivity contribution in [2.24, 2.45) is 0 Å². The fraction of sp³-hybridized carbons (Fsp3) is 0.333. The molecule has 0 radical (unpaired) electrons. The van der Waals surface area contributed by atoms with Crippen LogP contribution in [0.1, 0.15) is 28.9 Å². The molecule has 2 heterocycles. The Hall–Kier alpha value is -2.47. The minimum absolute atomic E-state index is 0.144. The van der Waals surface area contributed by atoms with Gasteiger partial charge in [-0.2, -0.15) is 0 Å². The van der Waals surface area contributed by atoms with Crippen LogP contribution in [0.4, 0.5) is 4.39 Å². The molecule has 3 rings (SSSR count). The van der Waals surface area contributed by atoms with Gasteiger partial charge < -0.3 is 10.0 Å². The third-order valence-electron chi connectivity index (χ3n) is 4.51. The SMILES string of the molecule is CC(c1cccnc1)N1CCN(C(=O)c2ccc(F)cc2O)CC1. The smallest absolute Gasteiger partial charge is 0.257 e. The quantitative estimate of drug-likeness (QED) is 0.940. The summed E-state index contributed by atoms with van der Waals surface area (Å²) in [7, 11) is 0. The van der Waals surface area contributed by atoms with Crippen molar-refractivity contribution in [2.45, 2.75) is 13.0 Å². The first-order chi connectivity index (χ1) is 11.6. The first kappa shape index (κ1) is 16.4. The van der Waals surface area contributed by atoms with Crippen molar-refractivity contribution in [1.29, 1.82) is 0 Å². The highest BCUT2D eigenvalue weighted by atomic mass is 19.1. The molecule has 5 nitrogen and oxygen atoms in total. The van der Waals surface area contributed by atoms with E-state index in [0.29, 0.717) is 13.1 Å². The van der Waals surface area contributed by atoms with Gasteiger partial charge in [0.05, 0.1) is 5.56 Å². The van der Waals surface area contributed by atoms with Gasteiger partial charge >= 0.3 is 0 Å². The van der Waals surface area contributed by atoms with Gasteiger partial charge in [0.1, 0.15) is 11.6 Å². The van der Waals surface area contributed by atoms with Crippen LogP contribution in [0.3, 0.4) is 0 Å². The topological polar surface area (TPSA) is 56.7 Å². The number of pyridine rings is 1. The van der Waals surface area contributed by atoms with Gasteiger partial charge in [-0.05, 0) is 30.7 Å². The molecule has 0 aliphatic carbocycles. The van der Waals surface area contributed by atoms with Crippen molar-refractivity contribution in [3.63, 3.8) is 0 Å². The number of phenols is 1. The van der Waals surface area contributed by atoms with Gasteiger partial charge in [0.15, 0.2) is 0 Å². The second kappa shape index (κ2) is 6.97. The molecule has 1 saturated heterocycles. The lowest BCUT2D eigenvalue weighted by atomic mass is 10.1. The van der Waals surface area contributed by atoms with Crippen molar-refractivity contribution in [1.82, 2.24) is 14.8 Å². The van der Waals surface area contributed by atoms with Crippen LogP contribution in [0.5, 0.6) is 5.75 Å². The maximum absolute atomic E-state index is 13.1. The standard InChI is InChI=1S/C18H20FN3O2/c1-13(14-3-2-6-20-12-14)21-7-9-22(10-8-21)18(24)16-5-4-15(19)11-17(16)23/h2-6,11-13,23H,7-10H2,1H3. The second-order valence-corrected chi connectivity index (χ2v) is 5.95. The number of nitrogens with zero attached hydrogens (tertiary/aromatic N) is 3. The normalized spacial score (nSPS) is 16.8. The van der Waals surface area contributed by atoms with Crippen molar-refractivity contribution in [2.75, 3.05) is 26.2 Å². The van der Waals surface area contributed by atoms with E-state index in [1.165, 1.54) is 12.1 Å². The number of aromatic nitrogens is 1. The van der Waals surface area contributed by atoms with E-state index in [4.69, 9.17) is 0 Å². The Balaban J connectivity index is 1.63. The average molecular weight is 329 g/mol. The lowest BCUT2D eigenvalue weighted by Gasteiger charge is -2.38. The Labute approximate surface area is 140 Å². The first-order valence-corrected chi connectivity index (χ1v) is 7.98. The van der Waals surface area contributed by atoms with E-state index in [9.17, 15) is 14.3 Å². The molecule has 1 aliphatic rings. The lowest BCUT2D eigenvalue weighted by molar-refractivity contribution is 0.0579. The van der Waals surface area contributed by atoms with Crippen LogP contribution in [-0.2, 0) is 0 Å². The van der Waals surface area contributed by atoms with Crippen molar-refractivity contribution >= 4 is 5.91 Å².